The van der Waals surface area contributed by atoms with Crippen molar-refractivity contribution in [2.45, 2.75) is 13.0 Å². The number of anilines is 1. The lowest BCUT2D eigenvalue weighted by Crippen LogP contribution is -2.31. The topological polar surface area (TPSA) is 66.8 Å². The number of benzene rings is 2. The van der Waals surface area contributed by atoms with E-state index in [0.717, 1.165) is 0 Å². The molecule has 1 heterocycles. The number of ether oxygens (including phenoxy) is 1. The van der Waals surface area contributed by atoms with Gasteiger partial charge in [-0.1, -0.05) is 18.2 Å². The third-order valence-corrected chi connectivity index (χ3v) is 4.14. The van der Waals surface area contributed by atoms with Crippen LogP contribution in [0, 0.1) is 5.82 Å². The molecule has 0 fully saturated rings. The summed E-state index contributed by atoms with van der Waals surface area (Å²) in [6, 6.07) is 11.4. The summed E-state index contributed by atoms with van der Waals surface area (Å²) in [5.74, 6) is -1.87. The van der Waals surface area contributed by atoms with E-state index in [0.29, 0.717) is 11.4 Å². The van der Waals surface area contributed by atoms with Crippen molar-refractivity contribution in [3.63, 3.8) is 0 Å². The number of Topliss-reactive ketones (excluding diaryl/α,β-unsaturated/α-hetero) is 1. The van der Waals surface area contributed by atoms with Gasteiger partial charge in [0.1, 0.15) is 11.6 Å². The van der Waals surface area contributed by atoms with Gasteiger partial charge in [-0.3, -0.25) is 14.5 Å². The third kappa shape index (κ3) is 2.76. The Kier molecular flexibility index (Phi) is 4.27. The average Bonchev–Trinajstić information content (AvgIpc) is 2.87. The number of aliphatic hydroxyl groups is 1. The Morgan fingerprint density at radius 1 is 1.16 bits per heavy atom. The summed E-state index contributed by atoms with van der Waals surface area (Å²) in [4.78, 5) is 25.8. The van der Waals surface area contributed by atoms with Crippen LogP contribution in [0.3, 0.4) is 0 Å². The molecule has 0 aromatic heterocycles. The lowest BCUT2D eigenvalue weighted by Gasteiger charge is -2.27. The van der Waals surface area contributed by atoms with Gasteiger partial charge >= 0.3 is 0 Å². The molecule has 1 aliphatic heterocycles. The number of aliphatic hydroxyl groups excluding tert-OH is 1. The SMILES string of the molecule is COc1ccc(N2C(=O)C(O)=C(C(C)=O)[C@H]2c2ccccc2F)cc1. The number of nitrogens with zero attached hydrogens (tertiary/aromatic N) is 1. The molecule has 0 aliphatic carbocycles. The maximum absolute atomic E-state index is 14.4. The quantitative estimate of drug-likeness (QED) is 0.926. The van der Waals surface area contributed by atoms with Crippen molar-refractivity contribution >= 4 is 17.4 Å². The molecule has 0 saturated carbocycles. The van der Waals surface area contributed by atoms with Crippen LogP contribution in [-0.4, -0.2) is 23.9 Å². The molecule has 1 aliphatic rings. The number of carbonyl (C=O) groups excluding carboxylic acids is 2. The zero-order valence-electron chi connectivity index (χ0n) is 13.7. The number of rotatable bonds is 4. The fourth-order valence-corrected chi connectivity index (χ4v) is 2.97. The first-order chi connectivity index (χ1) is 12.0. The van der Waals surface area contributed by atoms with E-state index in [1.807, 2.05) is 0 Å². The lowest BCUT2D eigenvalue weighted by atomic mass is 9.96. The zero-order valence-corrected chi connectivity index (χ0v) is 13.7. The Labute approximate surface area is 144 Å². The summed E-state index contributed by atoms with van der Waals surface area (Å²) in [6.45, 7) is 1.24. The predicted octanol–water partition coefficient (Wildman–Crippen LogP) is 3.32. The smallest absolute Gasteiger partial charge is 0.294 e. The van der Waals surface area contributed by atoms with Gasteiger partial charge in [0.25, 0.3) is 5.91 Å². The van der Waals surface area contributed by atoms with Crippen LogP contribution >= 0.6 is 0 Å². The van der Waals surface area contributed by atoms with Gasteiger partial charge in [0.05, 0.1) is 18.7 Å². The fourth-order valence-electron chi connectivity index (χ4n) is 2.97. The Balaban J connectivity index is 2.17. The highest BCUT2D eigenvalue weighted by atomic mass is 19.1. The van der Waals surface area contributed by atoms with E-state index in [4.69, 9.17) is 4.74 Å². The summed E-state index contributed by atoms with van der Waals surface area (Å²) in [5.41, 5.74) is 0.439. The van der Waals surface area contributed by atoms with Crippen LogP contribution in [0.4, 0.5) is 10.1 Å². The highest BCUT2D eigenvalue weighted by molar-refractivity contribution is 6.16. The maximum Gasteiger partial charge on any atom is 0.294 e. The second kappa shape index (κ2) is 6.39. The first-order valence-corrected chi connectivity index (χ1v) is 7.61. The van der Waals surface area contributed by atoms with Gasteiger partial charge in [0.2, 0.25) is 0 Å². The van der Waals surface area contributed by atoms with Crippen LogP contribution in [0.25, 0.3) is 0 Å². The molecule has 2 aromatic rings. The van der Waals surface area contributed by atoms with E-state index in [-0.39, 0.29) is 11.1 Å². The highest BCUT2D eigenvalue weighted by Crippen LogP contribution is 2.41. The molecule has 6 heteroatoms. The van der Waals surface area contributed by atoms with Crippen molar-refractivity contribution in [3.05, 3.63) is 71.2 Å². The second-order valence-corrected chi connectivity index (χ2v) is 5.62. The summed E-state index contributed by atoms with van der Waals surface area (Å²) >= 11 is 0. The molecule has 1 N–H and O–H groups in total. The Morgan fingerprint density at radius 2 is 1.80 bits per heavy atom. The minimum Gasteiger partial charge on any atom is -0.503 e. The van der Waals surface area contributed by atoms with Gasteiger partial charge in [-0.25, -0.2) is 4.39 Å². The number of hydrogen-bond donors (Lipinski definition) is 1. The van der Waals surface area contributed by atoms with Gasteiger partial charge in [-0.15, -0.1) is 0 Å². The molecule has 0 bridgehead atoms. The Hall–Kier alpha value is -3.15. The largest absolute Gasteiger partial charge is 0.503 e. The van der Waals surface area contributed by atoms with Crippen molar-refractivity contribution < 1.29 is 23.8 Å². The number of halogens is 1. The zero-order chi connectivity index (χ0) is 18.1. The van der Waals surface area contributed by atoms with Gasteiger partial charge in [0.15, 0.2) is 11.5 Å². The molecule has 0 radical (unpaired) electrons. The minimum absolute atomic E-state index is 0.120. The van der Waals surface area contributed by atoms with Crippen LogP contribution < -0.4 is 9.64 Å². The van der Waals surface area contributed by atoms with Crippen LogP contribution in [0.2, 0.25) is 0 Å². The number of amides is 1. The molecule has 25 heavy (non-hydrogen) atoms. The number of carbonyl (C=O) groups is 2. The van der Waals surface area contributed by atoms with Crippen LogP contribution in [0.1, 0.15) is 18.5 Å². The van der Waals surface area contributed by atoms with Gasteiger partial charge in [0, 0.05) is 11.3 Å². The molecular formula is C19H16FNO4. The summed E-state index contributed by atoms with van der Waals surface area (Å²) in [5, 5.41) is 10.2. The Bertz CT molecular complexity index is 873. The van der Waals surface area contributed by atoms with Gasteiger partial charge in [-0.2, -0.15) is 0 Å². The van der Waals surface area contributed by atoms with E-state index in [2.05, 4.69) is 0 Å². The standard InChI is InChI=1S/C19H16FNO4/c1-11(22)16-17(14-5-3-4-6-15(14)20)21(19(24)18(16)23)12-7-9-13(25-2)10-8-12/h3-10,17,23H,1-2H3/t17-/m1/s1. The third-order valence-electron chi connectivity index (χ3n) is 4.14. The molecule has 2 aromatic carbocycles. The Morgan fingerprint density at radius 3 is 2.36 bits per heavy atom. The number of methoxy groups -OCH3 is 1. The average molecular weight is 341 g/mol. The molecule has 5 nitrogen and oxygen atoms in total. The molecule has 1 atom stereocenters. The maximum atomic E-state index is 14.4. The predicted molar refractivity (Wildman–Crippen MR) is 90.0 cm³/mol. The van der Waals surface area contributed by atoms with Crippen LogP contribution in [-0.2, 0) is 9.59 Å². The molecule has 0 spiro atoms. The van der Waals surface area contributed by atoms with E-state index in [1.165, 1.54) is 37.1 Å². The molecule has 0 unspecified atom stereocenters. The summed E-state index contributed by atoms with van der Waals surface area (Å²) in [7, 11) is 1.51. The number of ketones is 1. The molecular weight excluding hydrogens is 325 g/mol. The van der Waals surface area contributed by atoms with Crippen LogP contribution in [0.15, 0.2) is 59.9 Å². The first kappa shape index (κ1) is 16.7. The van der Waals surface area contributed by atoms with E-state index < -0.39 is 29.3 Å². The fraction of sp³-hybridized carbons (Fsp3) is 0.158. The van der Waals surface area contributed by atoms with Crippen molar-refractivity contribution in [3.8, 4) is 5.75 Å². The van der Waals surface area contributed by atoms with Gasteiger partial charge < -0.3 is 9.84 Å². The van der Waals surface area contributed by atoms with Crippen molar-refractivity contribution in [2.75, 3.05) is 12.0 Å². The van der Waals surface area contributed by atoms with Gasteiger partial charge in [-0.05, 0) is 37.3 Å². The van der Waals surface area contributed by atoms with Crippen molar-refractivity contribution in [2.24, 2.45) is 0 Å². The first-order valence-electron chi connectivity index (χ1n) is 7.61. The van der Waals surface area contributed by atoms with Crippen LogP contribution in [0.5, 0.6) is 5.75 Å². The number of hydrogen-bond acceptors (Lipinski definition) is 4. The molecule has 128 valence electrons. The highest BCUT2D eigenvalue weighted by Gasteiger charge is 2.44. The summed E-state index contributed by atoms with van der Waals surface area (Å²) < 4.78 is 19.5. The lowest BCUT2D eigenvalue weighted by molar-refractivity contribution is -0.117. The molecule has 0 saturated heterocycles. The second-order valence-electron chi connectivity index (χ2n) is 5.62. The van der Waals surface area contributed by atoms with E-state index in [1.54, 1.807) is 30.3 Å². The van der Waals surface area contributed by atoms with E-state index in [9.17, 15) is 19.1 Å². The van der Waals surface area contributed by atoms with E-state index >= 15 is 0 Å². The van der Waals surface area contributed by atoms with Crippen molar-refractivity contribution in [1.29, 1.82) is 0 Å². The summed E-state index contributed by atoms with van der Waals surface area (Å²) in [6.07, 6.45) is 0. The normalized spacial score (nSPS) is 17.2. The minimum atomic E-state index is -1.03. The monoisotopic (exact) mass is 341 g/mol. The van der Waals surface area contributed by atoms with Crippen molar-refractivity contribution in [1.82, 2.24) is 0 Å². The molecule has 3 rings (SSSR count). The molecule has 1 amide bonds.